The summed E-state index contributed by atoms with van der Waals surface area (Å²) in [5.74, 6) is 4.24. The van der Waals surface area contributed by atoms with E-state index >= 15 is 0 Å². The van der Waals surface area contributed by atoms with Gasteiger partial charge in [0.05, 0.1) is 93.3 Å². The maximum absolute atomic E-state index is 12.1. The Morgan fingerprint density at radius 2 is 0.570 bits per heavy atom. The first-order chi connectivity index (χ1) is 71.9. The predicted molar refractivity (Wildman–Crippen MR) is 587 cm³/mol. The standard InChI is InChI=1S/2C24H25N5O2S.C23H22N4O3S.2C23H22N2OS/c2*1-14(2)31-21-11-8-15(12-16(21)13-25)22-27-28-23(32-22)19-7-5-6-18-17(19)9-10-20(18)26-24(30)29(3)4;1-13(2)30-20-10-7-14(11-15(20)12-24)21-26-27-22(31-21)18-6-4-5-17-16(18)8-9-19(17)25-23(28)29-3;2*1-14(2)26-21-10-8-16(11-17(21)12-24)23-25-13-22(27-23)20-6-4-5-18-15(3)7-9-19(18)20/h2*5-8,11-12,14,20H,9-10H2,1-4H3,(H,26,30);4-7,10-11,13,19H,8-9H2,1-3H3,(H,25,28);2*4-6,8,10-11,13-15H,7,9H2,1-3H3/t2*20-;19-;2*15-/m10110/s1. The molecule has 20 rings (SSSR count). The zero-order chi connectivity index (χ0) is 106. The van der Waals surface area contributed by atoms with Crippen molar-refractivity contribution < 1.29 is 42.8 Å². The predicted octanol–water partition coefficient (Wildman–Crippen LogP) is 26.8. The van der Waals surface area contributed by atoms with E-state index in [0.717, 1.165) is 153 Å². The van der Waals surface area contributed by atoms with Crippen LogP contribution in [0.15, 0.2) is 194 Å². The molecule has 15 aromatic rings. The molecule has 149 heavy (non-hydrogen) atoms. The van der Waals surface area contributed by atoms with E-state index in [9.17, 15) is 40.7 Å². The number of nitrogens with zero attached hydrogens (tertiary/aromatic N) is 15. The number of thiazole rings is 2. The van der Waals surface area contributed by atoms with Crippen molar-refractivity contribution in [1.82, 2.24) is 66.3 Å². The average molecular weight is 2080 g/mol. The highest BCUT2D eigenvalue weighted by Crippen LogP contribution is 2.49. The zero-order valence-electron chi connectivity index (χ0n) is 86.2. The first-order valence-corrected chi connectivity index (χ1v) is 53.8. The number of urea groups is 2. The molecule has 32 heteroatoms. The number of alkyl carbamates (subject to hydrolysis) is 1. The Hall–Kier alpha value is -15.6. The number of carbonyl (C=O) groups excluding carboxylic acids is 3. The molecule has 0 spiro atoms. The molecular weight excluding hydrogens is 1960 g/mol. The molecule has 0 radical (unpaired) electrons. The number of carbonyl (C=O) groups is 3. The summed E-state index contributed by atoms with van der Waals surface area (Å²) in [5.41, 5.74) is 25.5. The van der Waals surface area contributed by atoms with Crippen molar-refractivity contribution in [2.24, 2.45) is 0 Å². The second-order valence-corrected chi connectivity index (χ2v) is 43.6. The Balaban J connectivity index is 0.000000133. The quantitative estimate of drug-likeness (QED) is 0.0535. The molecule has 0 aliphatic heterocycles. The van der Waals surface area contributed by atoms with Crippen LogP contribution in [0.25, 0.3) is 105 Å². The smallest absolute Gasteiger partial charge is 0.407 e. The summed E-state index contributed by atoms with van der Waals surface area (Å²) in [5, 5.41) is 89.5. The molecule has 0 saturated heterocycles. The molecular formula is C117H116N18O9S5. The van der Waals surface area contributed by atoms with Crippen LogP contribution in [0.5, 0.6) is 28.7 Å². The molecule has 5 aromatic heterocycles. The van der Waals surface area contributed by atoms with Gasteiger partial charge in [0, 0.05) is 85.1 Å². The molecule has 5 aliphatic carbocycles. The molecule has 5 heterocycles. The molecule has 3 N–H and O–H groups in total. The van der Waals surface area contributed by atoms with E-state index < -0.39 is 6.09 Å². The number of fused-ring (bicyclic) bond motifs is 5. The molecule has 758 valence electrons. The highest BCUT2D eigenvalue weighted by atomic mass is 32.1. The number of benzene rings is 10. The van der Waals surface area contributed by atoms with Crippen molar-refractivity contribution in [3.8, 4) is 165 Å². The van der Waals surface area contributed by atoms with Crippen LogP contribution in [-0.2, 0) is 36.8 Å². The number of nitriles is 5. The van der Waals surface area contributed by atoms with Crippen molar-refractivity contribution in [1.29, 1.82) is 26.3 Å². The van der Waals surface area contributed by atoms with E-state index in [4.69, 9.17) is 28.4 Å². The van der Waals surface area contributed by atoms with Gasteiger partial charge in [-0.15, -0.1) is 53.3 Å². The van der Waals surface area contributed by atoms with Crippen LogP contribution >= 0.6 is 56.7 Å². The van der Waals surface area contributed by atoms with E-state index in [1.54, 1.807) is 84.9 Å². The fourth-order valence-electron chi connectivity index (χ4n) is 18.9. The maximum atomic E-state index is 12.1. The number of methoxy groups -OCH3 is 1. The Bertz CT molecular complexity index is 7330. The molecule has 5 atom stereocenters. The van der Waals surface area contributed by atoms with Crippen LogP contribution in [0.1, 0.15) is 229 Å². The third kappa shape index (κ3) is 24.8. The lowest BCUT2D eigenvalue weighted by atomic mass is 9.99. The van der Waals surface area contributed by atoms with Crippen molar-refractivity contribution >= 4 is 74.8 Å². The number of hydrogen-bond acceptors (Lipinski definition) is 27. The molecule has 0 saturated carbocycles. The molecule has 0 fully saturated rings. The highest BCUT2D eigenvalue weighted by Gasteiger charge is 2.34. The molecule has 10 aromatic carbocycles. The largest absolute Gasteiger partial charge is 0.490 e. The average Bonchev–Trinajstić information content (AvgIpc) is 1.67. The number of nitrogens with one attached hydrogen (secondary N) is 3. The first kappa shape index (κ1) is 106. The number of aromatic nitrogens is 8. The molecule has 5 aliphatic rings. The Kier molecular flexibility index (Phi) is 34.2. The molecule has 27 nitrogen and oxygen atoms in total. The zero-order valence-corrected chi connectivity index (χ0v) is 90.3. The monoisotopic (exact) mass is 2080 g/mol. The van der Waals surface area contributed by atoms with Gasteiger partial charge in [-0.25, -0.2) is 24.4 Å². The van der Waals surface area contributed by atoms with Gasteiger partial charge in [-0.2, -0.15) is 26.3 Å². The summed E-state index contributed by atoms with van der Waals surface area (Å²) in [6.07, 6.45) is 13.4. The third-order valence-electron chi connectivity index (χ3n) is 25.9. The summed E-state index contributed by atoms with van der Waals surface area (Å²) in [6, 6.07) is 70.3. The molecule has 0 unspecified atom stereocenters. The van der Waals surface area contributed by atoms with Crippen LogP contribution in [0.3, 0.4) is 0 Å². The van der Waals surface area contributed by atoms with Gasteiger partial charge in [0.1, 0.15) is 99.2 Å². The van der Waals surface area contributed by atoms with E-state index in [1.807, 2.05) is 179 Å². The Labute approximate surface area is 889 Å². The lowest BCUT2D eigenvalue weighted by molar-refractivity contribution is 0.166. The third-order valence-corrected chi connectivity index (χ3v) is 31.1. The van der Waals surface area contributed by atoms with E-state index in [2.05, 4.69) is 161 Å². The lowest BCUT2D eigenvalue weighted by Crippen LogP contribution is -2.36. The summed E-state index contributed by atoms with van der Waals surface area (Å²) < 4.78 is 33.3. The first-order valence-electron chi connectivity index (χ1n) is 49.8. The fourth-order valence-corrected chi connectivity index (χ4v) is 23.5. The van der Waals surface area contributed by atoms with Gasteiger partial charge >= 0.3 is 18.2 Å². The SMILES string of the molecule is CC(C)Oc1ccc(-c2ncc(-c3cccc4c3CC[C@@H]4C)s2)cc1C#N.CC(C)Oc1ccc(-c2ncc(-c3cccc4c3CC[C@H]4C)s2)cc1C#N.CC(C)Oc1ccc(-c2nnc(-c3cccc4c3CC[C@@H]4NC(=O)N(C)C)s2)cc1C#N.CC(C)Oc1ccc(-c2nnc(-c3cccc4c3CC[C@H]4NC(=O)N(C)C)s2)cc1C#N.COC(=O)N[C@@H]1CCc2c(-c3nnc(-c4ccc(OC(C)C)c(C#N)c4)s3)cccc21. The lowest BCUT2D eigenvalue weighted by Gasteiger charge is -2.18. The summed E-state index contributed by atoms with van der Waals surface area (Å²) in [4.78, 5) is 50.6. The van der Waals surface area contributed by atoms with Crippen LogP contribution in [0, 0.1) is 56.7 Å². The Morgan fingerprint density at radius 3 is 0.839 bits per heavy atom. The summed E-state index contributed by atoms with van der Waals surface area (Å²) >= 11 is 7.84. The second kappa shape index (κ2) is 47.9. The van der Waals surface area contributed by atoms with Crippen molar-refractivity contribution in [2.75, 3.05) is 35.3 Å². The topological polar surface area (TPSA) is 371 Å². The van der Waals surface area contributed by atoms with E-state index in [-0.39, 0.29) is 60.7 Å². The number of amides is 5. The minimum atomic E-state index is -0.431. The number of rotatable bonds is 23. The van der Waals surface area contributed by atoms with Gasteiger partial charge in [-0.05, 0) is 303 Å². The number of hydrogen-bond donors (Lipinski definition) is 3. The summed E-state index contributed by atoms with van der Waals surface area (Å²) in [7, 11) is 8.32. The van der Waals surface area contributed by atoms with Gasteiger partial charge in [0.25, 0.3) is 0 Å². The molecule has 5 amide bonds. The van der Waals surface area contributed by atoms with Crippen LogP contribution in [-0.4, -0.2) is 134 Å². The van der Waals surface area contributed by atoms with Crippen molar-refractivity contribution in [2.45, 2.75) is 208 Å². The van der Waals surface area contributed by atoms with Crippen LogP contribution < -0.4 is 39.6 Å². The van der Waals surface area contributed by atoms with Gasteiger partial charge in [0.2, 0.25) is 0 Å². The molecule has 0 bridgehead atoms. The van der Waals surface area contributed by atoms with Crippen molar-refractivity contribution in [3.63, 3.8) is 0 Å². The Morgan fingerprint density at radius 1 is 0.322 bits per heavy atom. The summed E-state index contributed by atoms with van der Waals surface area (Å²) in [6.45, 7) is 24.0. The van der Waals surface area contributed by atoms with E-state index in [0.29, 0.717) is 68.4 Å². The maximum Gasteiger partial charge on any atom is 0.407 e. The van der Waals surface area contributed by atoms with Crippen LogP contribution in [0.2, 0.25) is 0 Å². The minimum absolute atomic E-state index is 0.000991. The minimum Gasteiger partial charge on any atom is -0.490 e. The number of ether oxygens (including phenoxy) is 6. The van der Waals surface area contributed by atoms with Gasteiger partial charge in [-0.1, -0.05) is 139 Å². The van der Waals surface area contributed by atoms with Gasteiger partial charge in [-0.3, -0.25) is 0 Å². The fraction of sp³-hybridized carbons (Fsp3) is 0.316. The van der Waals surface area contributed by atoms with Gasteiger partial charge < -0.3 is 54.2 Å². The van der Waals surface area contributed by atoms with Crippen LogP contribution in [0.4, 0.5) is 14.4 Å². The second-order valence-electron chi connectivity index (χ2n) is 38.6. The van der Waals surface area contributed by atoms with Gasteiger partial charge in [0.15, 0.2) is 0 Å². The highest BCUT2D eigenvalue weighted by molar-refractivity contribution is 7.19. The van der Waals surface area contributed by atoms with E-state index in [1.165, 1.54) is 114 Å². The van der Waals surface area contributed by atoms with Crippen molar-refractivity contribution in [3.05, 3.63) is 278 Å². The normalized spacial score (nSPS) is 15.0.